The van der Waals surface area contributed by atoms with Gasteiger partial charge in [0.15, 0.2) is 7.14 Å². The van der Waals surface area contributed by atoms with E-state index in [1.54, 1.807) is 6.20 Å². The number of anilines is 2. The fraction of sp³-hybridized carbons (Fsp3) is 0.109. The minimum atomic E-state index is -3.34. The lowest BCUT2D eigenvalue weighted by Crippen LogP contribution is -2.48. The molecule has 3 heterocycles. The summed E-state index contributed by atoms with van der Waals surface area (Å²) in [6.07, 6.45) is 7.80. The number of aromatic nitrogens is 1. The molecule has 2 unspecified atom stereocenters. The van der Waals surface area contributed by atoms with Gasteiger partial charge in [0.1, 0.15) is 5.44 Å². The Labute approximate surface area is 295 Å². The molecule has 6 aromatic rings. The number of nitrogens with zero attached hydrogens (tertiary/aromatic N) is 2. The molecule has 2 aliphatic heterocycles. The van der Waals surface area contributed by atoms with Crippen LogP contribution in [-0.2, 0) is 15.4 Å². The van der Waals surface area contributed by atoms with E-state index in [4.69, 9.17) is 4.98 Å². The number of benzene rings is 5. The number of hydrogen-bond donors (Lipinski definition) is 0. The lowest BCUT2D eigenvalue weighted by Gasteiger charge is -2.46. The van der Waals surface area contributed by atoms with Crippen LogP contribution in [0.2, 0.25) is 0 Å². The molecule has 0 N–H and O–H groups in total. The Bertz CT molecular complexity index is 2310. The fourth-order valence-corrected chi connectivity index (χ4v) is 11.2. The highest BCUT2D eigenvalue weighted by molar-refractivity contribution is 7.85. The second kappa shape index (κ2) is 12.1. The molecule has 0 aliphatic carbocycles. The van der Waals surface area contributed by atoms with E-state index < -0.39 is 12.6 Å². The highest BCUT2D eigenvalue weighted by atomic mass is 31.2. The number of fused-ring (bicyclic) bond motifs is 3. The van der Waals surface area contributed by atoms with Crippen molar-refractivity contribution in [2.75, 3.05) is 4.90 Å². The predicted octanol–water partition coefficient (Wildman–Crippen LogP) is 9.86. The maximum absolute atomic E-state index is 15.8. The molecule has 244 valence electrons. The van der Waals surface area contributed by atoms with Gasteiger partial charge in [-0.3, -0.25) is 4.98 Å². The van der Waals surface area contributed by atoms with E-state index >= 15 is 4.57 Å². The maximum Gasteiger partial charge on any atom is 0.189 e. The van der Waals surface area contributed by atoms with Gasteiger partial charge in [-0.05, 0) is 65.1 Å². The number of pyridine rings is 1. The Hall–Kier alpha value is -5.50. The van der Waals surface area contributed by atoms with Gasteiger partial charge in [0, 0.05) is 39.2 Å². The lowest BCUT2D eigenvalue weighted by atomic mass is 9.63. The fourth-order valence-electron chi connectivity index (χ4n) is 8.14. The summed E-state index contributed by atoms with van der Waals surface area (Å²) >= 11 is 0. The van der Waals surface area contributed by atoms with Crippen LogP contribution in [0.4, 0.5) is 11.4 Å². The van der Waals surface area contributed by atoms with Gasteiger partial charge >= 0.3 is 0 Å². The third-order valence-corrected chi connectivity index (χ3v) is 13.8. The largest absolute Gasteiger partial charge is 0.310 e. The second-order valence-corrected chi connectivity index (χ2v) is 16.2. The molecule has 0 saturated carbocycles. The monoisotopic (exact) mass is 666 g/mol. The van der Waals surface area contributed by atoms with E-state index in [1.807, 2.05) is 54.6 Å². The minimum absolute atomic E-state index is 0.305. The zero-order valence-electron chi connectivity index (χ0n) is 28.6. The predicted molar refractivity (Wildman–Crippen MR) is 209 cm³/mol. The van der Waals surface area contributed by atoms with Gasteiger partial charge in [-0.2, -0.15) is 0 Å². The van der Waals surface area contributed by atoms with Gasteiger partial charge in [-0.1, -0.05) is 154 Å². The van der Waals surface area contributed by atoms with Crippen molar-refractivity contribution in [3.8, 4) is 0 Å². The third-order valence-electron chi connectivity index (χ3n) is 10.8. The topological polar surface area (TPSA) is 33.2 Å². The van der Waals surface area contributed by atoms with Gasteiger partial charge in [0.05, 0.1) is 11.1 Å². The van der Waals surface area contributed by atoms with Crippen molar-refractivity contribution in [3.63, 3.8) is 0 Å². The molecule has 2 atom stereocenters. The average molecular weight is 667 g/mol. The molecule has 8 rings (SSSR count). The third kappa shape index (κ3) is 4.50. The van der Waals surface area contributed by atoms with Crippen LogP contribution >= 0.6 is 7.14 Å². The lowest BCUT2D eigenvalue weighted by molar-refractivity contribution is 0.588. The zero-order valence-corrected chi connectivity index (χ0v) is 29.5. The molecule has 0 amide bonds. The van der Waals surface area contributed by atoms with Crippen LogP contribution in [0.5, 0.6) is 0 Å². The smallest absolute Gasteiger partial charge is 0.189 e. The van der Waals surface area contributed by atoms with E-state index in [0.29, 0.717) is 5.44 Å². The summed E-state index contributed by atoms with van der Waals surface area (Å²) in [7, 11) is -3.34. The van der Waals surface area contributed by atoms with Crippen molar-refractivity contribution in [1.82, 2.24) is 4.98 Å². The molecule has 0 saturated heterocycles. The summed E-state index contributed by atoms with van der Waals surface area (Å²) in [5, 5.41) is 1.62. The normalized spacial score (nSPS) is 20.6. The molecule has 1 aromatic heterocycles. The molecule has 0 fully saturated rings. The average Bonchev–Trinajstić information content (AvgIpc) is 3.17. The van der Waals surface area contributed by atoms with Gasteiger partial charge in [0.2, 0.25) is 0 Å². The van der Waals surface area contributed by atoms with Crippen LogP contribution in [0.15, 0.2) is 188 Å². The van der Waals surface area contributed by atoms with Gasteiger partial charge in [0.25, 0.3) is 0 Å². The van der Waals surface area contributed by atoms with E-state index in [0.717, 1.165) is 49.9 Å². The molecule has 3 nitrogen and oxygen atoms in total. The van der Waals surface area contributed by atoms with Gasteiger partial charge in [-0.15, -0.1) is 0 Å². The van der Waals surface area contributed by atoms with Crippen LogP contribution in [0, 0.1) is 0 Å². The molecule has 0 bridgehead atoms. The molecule has 0 radical (unpaired) electrons. The first-order chi connectivity index (χ1) is 24.3. The Morgan fingerprint density at radius 1 is 0.700 bits per heavy atom. The summed E-state index contributed by atoms with van der Waals surface area (Å²) in [4.78, 5) is 7.38. The van der Waals surface area contributed by atoms with Gasteiger partial charge in [-0.25, -0.2) is 0 Å². The maximum atomic E-state index is 15.8. The Morgan fingerprint density at radius 3 is 2.06 bits per heavy atom. The Morgan fingerprint density at radius 2 is 1.34 bits per heavy atom. The first-order valence-corrected chi connectivity index (χ1v) is 18.8. The van der Waals surface area contributed by atoms with Crippen LogP contribution in [0.3, 0.4) is 0 Å². The van der Waals surface area contributed by atoms with Crippen LogP contribution in [0.25, 0.3) is 0 Å². The molecule has 2 aliphatic rings. The standard InChI is InChI=1S/C46H39N2OP/c1-5-6-27-41-33(2)45(3,4)40-32-35(29-30-42(40)48(41)36-21-12-8-13-22-36)46(34-19-10-7-11-20-34)38-25-16-17-28-43(38)50(49,37-23-14-9-15-24-37)44-39(46)26-18-31-47-44/h5-32H,1H2,2-4H3/b27-6-. The van der Waals surface area contributed by atoms with Crippen LogP contribution < -0.4 is 20.9 Å². The van der Waals surface area contributed by atoms with Gasteiger partial charge < -0.3 is 9.46 Å². The number of para-hydroxylation sites is 1. The minimum Gasteiger partial charge on any atom is -0.310 e. The van der Waals surface area contributed by atoms with Crippen molar-refractivity contribution < 1.29 is 4.57 Å². The second-order valence-electron chi connectivity index (χ2n) is 13.6. The molecule has 4 heteroatoms. The van der Waals surface area contributed by atoms with E-state index in [1.165, 1.54) is 11.1 Å². The van der Waals surface area contributed by atoms with Crippen LogP contribution in [-0.4, -0.2) is 4.98 Å². The first-order valence-electron chi connectivity index (χ1n) is 17.1. The van der Waals surface area contributed by atoms with Crippen molar-refractivity contribution >= 4 is 34.6 Å². The van der Waals surface area contributed by atoms with E-state index in [9.17, 15) is 0 Å². The van der Waals surface area contributed by atoms with Crippen LogP contribution in [0.1, 0.15) is 48.6 Å². The van der Waals surface area contributed by atoms with Crippen molar-refractivity contribution in [1.29, 1.82) is 0 Å². The Balaban J connectivity index is 1.48. The first kappa shape index (κ1) is 31.7. The summed E-state index contributed by atoms with van der Waals surface area (Å²) < 4.78 is 15.8. The molecular weight excluding hydrogens is 627 g/mol. The van der Waals surface area contributed by atoms with E-state index in [-0.39, 0.29) is 5.41 Å². The molecular formula is C46H39N2OP. The van der Waals surface area contributed by atoms with Crippen molar-refractivity contribution in [2.24, 2.45) is 0 Å². The quantitative estimate of drug-likeness (QED) is 0.131. The number of hydrogen-bond acceptors (Lipinski definition) is 3. The van der Waals surface area contributed by atoms with Crippen molar-refractivity contribution in [2.45, 2.75) is 31.6 Å². The SMILES string of the molecule is C=C/C=C\C1=C(C)C(C)(C)c2cc(C3(c4ccccc4)c4ccccc4P(=O)(c4ccccc4)c4ncccc43)ccc2N1c1ccccc1. The zero-order chi connectivity index (χ0) is 34.5. The summed E-state index contributed by atoms with van der Waals surface area (Å²) in [5.74, 6) is 0. The molecule has 50 heavy (non-hydrogen) atoms. The molecule has 5 aromatic carbocycles. The summed E-state index contributed by atoms with van der Waals surface area (Å²) in [5.41, 5.74) is 9.60. The summed E-state index contributed by atoms with van der Waals surface area (Å²) in [6, 6.07) is 50.5. The summed E-state index contributed by atoms with van der Waals surface area (Å²) in [6.45, 7) is 10.8. The Kier molecular flexibility index (Phi) is 7.70. The number of allylic oxidation sites excluding steroid dienone is 4. The van der Waals surface area contributed by atoms with E-state index in [2.05, 4.69) is 141 Å². The highest BCUT2D eigenvalue weighted by Gasteiger charge is 2.52. The molecule has 0 spiro atoms. The highest BCUT2D eigenvalue weighted by Crippen LogP contribution is 2.58. The van der Waals surface area contributed by atoms with Crippen molar-refractivity contribution in [3.05, 3.63) is 216 Å². The number of rotatable bonds is 6.